The molecule has 1 fully saturated rings. The summed E-state index contributed by atoms with van der Waals surface area (Å²) in [7, 11) is 2.07. The van der Waals surface area contributed by atoms with Crippen molar-refractivity contribution < 1.29 is 27.5 Å². The smallest absolute Gasteiger partial charge is 0.433 e. The van der Waals surface area contributed by atoms with E-state index in [9.17, 15) is 22.8 Å². The second kappa shape index (κ2) is 9.41. The maximum absolute atomic E-state index is 13.0. The van der Waals surface area contributed by atoms with Crippen LogP contribution in [0.1, 0.15) is 57.9 Å². The van der Waals surface area contributed by atoms with Crippen molar-refractivity contribution in [3.63, 3.8) is 0 Å². The molecule has 0 spiro atoms. The first-order valence-electron chi connectivity index (χ1n) is 10.9. The first kappa shape index (κ1) is 23.7. The van der Waals surface area contributed by atoms with Crippen molar-refractivity contribution >= 4 is 23.1 Å². The lowest BCUT2D eigenvalue weighted by Crippen LogP contribution is -2.29. The minimum absolute atomic E-state index is 0.0349. The van der Waals surface area contributed by atoms with Crippen LogP contribution in [-0.4, -0.2) is 58.1 Å². The largest absolute Gasteiger partial charge is 0.462 e. The van der Waals surface area contributed by atoms with Gasteiger partial charge in [0.25, 0.3) is 5.91 Å². The van der Waals surface area contributed by atoms with Crippen molar-refractivity contribution in [2.75, 3.05) is 32.1 Å². The van der Waals surface area contributed by atoms with E-state index in [2.05, 4.69) is 27.3 Å². The van der Waals surface area contributed by atoms with Gasteiger partial charge in [-0.1, -0.05) is 6.07 Å². The highest BCUT2D eigenvalue weighted by Gasteiger charge is 2.33. The molecule has 0 radical (unpaired) electrons. The number of halogens is 3. The van der Waals surface area contributed by atoms with E-state index in [0.29, 0.717) is 5.52 Å². The average Bonchev–Trinajstić information content (AvgIpc) is 3.21. The van der Waals surface area contributed by atoms with E-state index < -0.39 is 29.4 Å². The Morgan fingerprint density at radius 2 is 1.94 bits per heavy atom. The van der Waals surface area contributed by atoms with Gasteiger partial charge in [-0.25, -0.2) is 14.3 Å². The van der Waals surface area contributed by atoms with Crippen LogP contribution in [0, 0.1) is 0 Å². The predicted molar refractivity (Wildman–Crippen MR) is 118 cm³/mol. The normalized spacial score (nSPS) is 15.4. The van der Waals surface area contributed by atoms with Crippen molar-refractivity contribution in [1.29, 1.82) is 0 Å². The molecular formula is C23H24F3N5O3. The van der Waals surface area contributed by atoms with E-state index in [-0.39, 0.29) is 23.8 Å². The van der Waals surface area contributed by atoms with Crippen LogP contribution in [0.2, 0.25) is 0 Å². The Bertz CT molecular complexity index is 1220. The van der Waals surface area contributed by atoms with E-state index in [1.54, 1.807) is 17.5 Å². The fraction of sp³-hybridized carbons (Fsp3) is 0.391. The van der Waals surface area contributed by atoms with E-state index in [1.807, 2.05) is 6.07 Å². The number of piperidine rings is 1. The molecule has 0 unspecified atom stereocenters. The number of nitrogens with one attached hydrogen (secondary N) is 1. The van der Waals surface area contributed by atoms with Gasteiger partial charge in [0.05, 0.1) is 23.5 Å². The molecule has 3 aromatic heterocycles. The third-order valence-electron chi connectivity index (χ3n) is 5.77. The first-order chi connectivity index (χ1) is 16.2. The summed E-state index contributed by atoms with van der Waals surface area (Å²) in [4.78, 5) is 31.0. The van der Waals surface area contributed by atoms with Crippen LogP contribution in [0.4, 0.5) is 18.9 Å². The number of hydrogen-bond acceptors (Lipinski definition) is 6. The summed E-state index contributed by atoms with van der Waals surface area (Å²) in [5.41, 5.74) is 0.0442. The standard InChI is InChI=1S/C23H24F3N5O3/c1-3-34-22(33)16-13-31-15(11-18(29-31)14-7-9-30(2)10-8-14)12-19(16)28-21(32)17-5-4-6-20(27-17)23(24,25)26/h4-6,11-14H,3,7-10H2,1-2H3,(H,28,32). The van der Waals surface area contributed by atoms with E-state index in [4.69, 9.17) is 4.74 Å². The van der Waals surface area contributed by atoms with Crippen LogP contribution in [0.25, 0.3) is 5.52 Å². The van der Waals surface area contributed by atoms with Gasteiger partial charge in [0, 0.05) is 12.1 Å². The molecule has 0 bridgehead atoms. The first-order valence-corrected chi connectivity index (χ1v) is 10.9. The van der Waals surface area contributed by atoms with Crippen LogP contribution in [0.15, 0.2) is 36.5 Å². The van der Waals surface area contributed by atoms with E-state index in [0.717, 1.165) is 43.8 Å². The van der Waals surface area contributed by atoms with E-state index in [1.165, 1.54) is 12.3 Å². The average molecular weight is 475 g/mol. The fourth-order valence-corrected chi connectivity index (χ4v) is 3.94. The zero-order chi connectivity index (χ0) is 24.5. The van der Waals surface area contributed by atoms with Crippen molar-refractivity contribution in [3.8, 4) is 0 Å². The molecule has 3 aromatic rings. The lowest BCUT2D eigenvalue weighted by atomic mass is 9.94. The minimum atomic E-state index is -4.69. The summed E-state index contributed by atoms with van der Waals surface area (Å²) in [6, 6.07) is 6.51. The lowest BCUT2D eigenvalue weighted by molar-refractivity contribution is -0.141. The van der Waals surface area contributed by atoms with Gasteiger partial charge in [-0.15, -0.1) is 0 Å². The number of alkyl halides is 3. The molecule has 0 atom stereocenters. The quantitative estimate of drug-likeness (QED) is 0.562. The van der Waals surface area contributed by atoms with E-state index >= 15 is 0 Å². The number of pyridine rings is 2. The zero-order valence-corrected chi connectivity index (χ0v) is 18.7. The summed E-state index contributed by atoms with van der Waals surface area (Å²) >= 11 is 0. The molecule has 0 aromatic carbocycles. The van der Waals surface area contributed by atoms with Crippen molar-refractivity contribution in [3.05, 3.63) is 59.2 Å². The molecule has 1 N–H and O–H groups in total. The number of likely N-dealkylation sites (tertiary alicyclic amines) is 1. The summed E-state index contributed by atoms with van der Waals surface area (Å²) in [6.45, 7) is 3.67. The Balaban J connectivity index is 1.68. The Hall–Kier alpha value is -3.47. The van der Waals surface area contributed by atoms with Crippen molar-refractivity contribution in [2.24, 2.45) is 0 Å². The lowest BCUT2D eigenvalue weighted by Gasteiger charge is -2.27. The molecule has 180 valence electrons. The number of ether oxygens (including phenoxy) is 1. The molecule has 1 aliphatic heterocycles. The highest BCUT2D eigenvalue weighted by atomic mass is 19.4. The van der Waals surface area contributed by atoms with Gasteiger partial charge in [0.1, 0.15) is 17.0 Å². The number of hydrogen-bond donors (Lipinski definition) is 1. The Morgan fingerprint density at radius 1 is 1.21 bits per heavy atom. The molecule has 4 heterocycles. The third kappa shape index (κ3) is 5.04. The van der Waals surface area contributed by atoms with Gasteiger partial charge in [-0.3, -0.25) is 4.79 Å². The van der Waals surface area contributed by atoms with Gasteiger partial charge in [0.2, 0.25) is 0 Å². The third-order valence-corrected chi connectivity index (χ3v) is 5.77. The SMILES string of the molecule is CCOC(=O)c1cn2nc(C3CCN(C)CC3)cc2cc1NC(=O)c1cccc(C(F)(F)F)n1. The highest BCUT2D eigenvalue weighted by Crippen LogP contribution is 2.30. The maximum Gasteiger partial charge on any atom is 0.433 e. The summed E-state index contributed by atoms with van der Waals surface area (Å²) in [6.07, 6.45) is -1.32. The number of carbonyl (C=O) groups is 2. The Kier molecular flexibility index (Phi) is 6.56. The molecule has 4 rings (SSSR count). The van der Waals surface area contributed by atoms with Gasteiger partial charge >= 0.3 is 12.1 Å². The van der Waals surface area contributed by atoms with Crippen LogP contribution in [0.5, 0.6) is 0 Å². The molecule has 1 aliphatic rings. The topological polar surface area (TPSA) is 88.8 Å². The Labute approximate surface area is 193 Å². The molecule has 34 heavy (non-hydrogen) atoms. The molecule has 1 saturated heterocycles. The molecule has 8 nitrogen and oxygen atoms in total. The number of fused-ring (bicyclic) bond motifs is 1. The van der Waals surface area contributed by atoms with Gasteiger partial charge in [-0.05, 0) is 64.2 Å². The predicted octanol–water partition coefficient (Wildman–Crippen LogP) is 3.99. The zero-order valence-electron chi connectivity index (χ0n) is 18.7. The number of amides is 1. The number of aromatic nitrogens is 3. The fourth-order valence-electron chi connectivity index (χ4n) is 3.94. The highest BCUT2D eigenvalue weighted by molar-refractivity contribution is 6.07. The second-order valence-electron chi connectivity index (χ2n) is 8.20. The molecular weight excluding hydrogens is 451 g/mol. The van der Waals surface area contributed by atoms with Crippen molar-refractivity contribution in [2.45, 2.75) is 31.9 Å². The molecule has 0 aliphatic carbocycles. The second-order valence-corrected chi connectivity index (χ2v) is 8.20. The Morgan fingerprint density at radius 3 is 2.62 bits per heavy atom. The van der Waals surface area contributed by atoms with Crippen LogP contribution < -0.4 is 5.32 Å². The van der Waals surface area contributed by atoms with Gasteiger partial charge < -0.3 is 15.0 Å². The monoisotopic (exact) mass is 475 g/mol. The number of rotatable bonds is 5. The van der Waals surface area contributed by atoms with Crippen LogP contribution >= 0.6 is 0 Å². The van der Waals surface area contributed by atoms with Crippen molar-refractivity contribution in [1.82, 2.24) is 19.5 Å². The van der Waals surface area contributed by atoms with Crippen LogP contribution in [-0.2, 0) is 10.9 Å². The molecule has 11 heteroatoms. The summed E-state index contributed by atoms with van der Waals surface area (Å²) in [5, 5.41) is 7.14. The number of nitrogens with zero attached hydrogens (tertiary/aromatic N) is 4. The maximum atomic E-state index is 13.0. The van der Waals surface area contributed by atoms with Gasteiger partial charge in [-0.2, -0.15) is 18.3 Å². The summed E-state index contributed by atoms with van der Waals surface area (Å²) < 4.78 is 45.6. The molecule has 1 amide bonds. The van der Waals surface area contributed by atoms with Gasteiger partial charge in [0.15, 0.2) is 0 Å². The minimum Gasteiger partial charge on any atom is -0.462 e. The molecule has 0 saturated carbocycles. The van der Waals surface area contributed by atoms with Crippen LogP contribution in [0.3, 0.4) is 0 Å². The summed E-state index contributed by atoms with van der Waals surface area (Å²) in [5.74, 6) is -1.29. The number of carbonyl (C=O) groups excluding carboxylic acids is 2. The number of anilines is 1. The number of esters is 1.